The van der Waals surface area contributed by atoms with E-state index in [1.165, 1.54) is 5.56 Å². The molecule has 0 bridgehead atoms. The van der Waals surface area contributed by atoms with E-state index in [0.717, 1.165) is 19.4 Å². The monoisotopic (exact) mass is 238 g/mol. The minimum absolute atomic E-state index is 0.163. The van der Waals surface area contributed by atoms with Crippen LogP contribution in [0.15, 0.2) is 24.5 Å². The van der Waals surface area contributed by atoms with Crippen LogP contribution in [-0.2, 0) is 11.2 Å². The van der Waals surface area contributed by atoms with Gasteiger partial charge in [-0.2, -0.15) is 0 Å². The zero-order chi connectivity index (χ0) is 11.8. The van der Waals surface area contributed by atoms with E-state index in [1.807, 2.05) is 31.5 Å². The second-order valence-electron chi connectivity index (χ2n) is 3.84. The summed E-state index contributed by atoms with van der Waals surface area (Å²) in [4.78, 5) is 4.50. The van der Waals surface area contributed by atoms with Crippen LogP contribution in [0.3, 0.4) is 0 Å². The fraction of sp³-hybridized carbons (Fsp3) is 0.500. The molecule has 16 heavy (non-hydrogen) atoms. The fourth-order valence-electron chi connectivity index (χ4n) is 1.27. The molecule has 0 aliphatic carbocycles. The van der Waals surface area contributed by atoms with Gasteiger partial charge in [0.15, 0.2) is 0 Å². The van der Waals surface area contributed by atoms with Gasteiger partial charge in [0.05, 0.1) is 11.6 Å². The molecule has 3 nitrogen and oxygen atoms in total. The Morgan fingerprint density at radius 3 is 2.81 bits per heavy atom. The molecule has 1 rings (SSSR count). The first-order valence-corrected chi connectivity index (χ1v) is 5.87. The molecule has 0 amide bonds. The molecular formula is C12H18N2OS. The van der Waals surface area contributed by atoms with Crippen LogP contribution < -0.4 is 5.73 Å². The minimum atomic E-state index is 0.163. The summed E-state index contributed by atoms with van der Waals surface area (Å²) in [7, 11) is 0. The Balaban J connectivity index is 2.07. The third kappa shape index (κ3) is 5.19. The SMILES string of the molecule is CC(COCCCc1ccncc1)C(N)=S. The second-order valence-corrected chi connectivity index (χ2v) is 4.31. The number of ether oxygens (including phenoxy) is 1. The largest absolute Gasteiger partial charge is 0.393 e. The molecular weight excluding hydrogens is 220 g/mol. The Morgan fingerprint density at radius 1 is 1.50 bits per heavy atom. The summed E-state index contributed by atoms with van der Waals surface area (Å²) >= 11 is 4.86. The molecule has 2 N–H and O–H groups in total. The average molecular weight is 238 g/mol. The molecule has 0 saturated carbocycles. The predicted molar refractivity (Wildman–Crippen MR) is 69.3 cm³/mol. The van der Waals surface area contributed by atoms with Crippen molar-refractivity contribution >= 4 is 17.2 Å². The highest BCUT2D eigenvalue weighted by molar-refractivity contribution is 7.80. The first kappa shape index (κ1) is 13.1. The van der Waals surface area contributed by atoms with Gasteiger partial charge in [0, 0.05) is 24.9 Å². The predicted octanol–water partition coefficient (Wildman–Crippen LogP) is 1.95. The van der Waals surface area contributed by atoms with Crippen LogP contribution in [0.2, 0.25) is 0 Å². The number of nitrogens with two attached hydrogens (primary N) is 1. The summed E-state index contributed by atoms with van der Waals surface area (Å²) in [6, 6.07) is 4.05. The van der Waals surface area contributed by atoms with Crippen LogP contribution >= 0.6 is 12.2 Å². The lowest BCUT2D eigenvalue weighted by atomic mass is 10.1. The van der Waals surface area contributed by atoms with Gasteiger partial charge in [0.25, 0.3) is 0 Å². The number of nitrogens with zero attached hydrogens (tertiary/aromatic N) is 1. The Morgan fingerprint density at radius 2 is 2.19 bits per heavy atom. The number of pyridine rings is 1. The zero-order valence-corrected chi connectivity index (χ0v) is 10.4. The van der Waals surface area contributed by atoms with Crippen LogP contribution in [0, 0.1) is 5.92 Å². The summed E-state index contributed by atoms with van der Waals surface area (Å²) in [5, 5.41) is 0. The smallest absolute Gasteiger partial charge is 0.0779 e. The highest BCUT2D eigenvalue weighted by atomic mass is 32.1. The van der Waals surface area contributed by atoms with Crippen molar-refractivity contribution in [2.45, 2.75) is 19.8 Å². The maximum Gasteiger partial charge on any atom is 0.0779 e. The van der Waals surface area contributed by atoms with Gasteiger partial charge in [-0.3, -0.25) is 4.98 Å². The van der Waals surface area contributed by atoms with Crippen molar-refractivity contribution in [1.29, 1.82) is 0 Å². The molecule has 0 saturated heterocycles. The summed E-state index contributed by atoms with van der Waals surface area (Å²) in [6.45, 7) is 3.34. The van der Waals surface area contributed by atoms with Crippen LogP contribution in [-0.4, -0.2) is 23.2 Å². The molecule has 0 spiro atoms. The summed E-state index contributed by atoms with van der Waals surface area (Å²) in [5.74, 6) is 0.163. The maximum atomic E-state index is 5.50. The van der Waals surface area contributed by atoms with Gasteiger partial charge in [0.2, 0.25) is 0 Å². The molecule has 1 unspecified atom stereocenters. The summed E-state index contributed by atoms with van der Waals surface area (Å²) in [6.07, 6.45) is 5.65. The highest BCUT2D eigenvalue weighted by Crippen LogP contribution is 2.02. The second kappa shape index (κ2) is 7.30. The summed E-state index contributed by atoms with van der Waals surface area (Å²) in [5.41, 5.74) is 6.78. The van der Waals surface area contributed by atoms with E-state index in [-0.39, 0.29) is 5.92 Å². The minimum Gasteiger partial charge on any atom is -0.393 e. The van der Waals surface area contributed by atoms with Crippen molar-refractivity contribution in [1.82, 2.24) is 4.98 Å². The molecule has 0 aromatic carbocycles. The van der Waals surface area contributed by atoms with Crippen LogP contribution in [0.25, 0.3) is 0 Å². The lowest BCUT2D eigenvalue weighted by Gasteiger charge is -2.09. The zero-order valence-electron chi connectivity index (χ0n) is 9.56. The van der Waals surface area contributed by atoms with E-state index < -0.39 is 0 Å². The first-order valence-electron chi connectivity index (χ1n) is 5.46. The van der Waals surface area contributed by atoms with E-state index in [2.05, 4.69) is 4.98 Å². The Hall–Kier alpha value is -1.00. The van der Waals surface area contributed by atoms with E-state index in [1.54, 1.807) is 0 Å². The number of rotatable bonds is 7. The number of hydrogen-bond donors (Lipinski definition) is 1. The van der Waals surface area contributed by atoms with Crippen LogP contribution in [0.4, 0.5) is 0 Å². The molecule has 0 aliphatic heterocycles. The maximum absolute atomic E-state index is 5.50. The highest BCUT2D eigenvalue weighted by Gasteiger charge is 2.04. The van der Waals surface area contributed by atoms with E-state index >= 15 is 0 Å². The Bertz CT molecular complexity index is 316. The van der Waals surface area contributed by atoms with E-state index in [4.69, 9.17) is 22.7 Å². The third-order valence-corrected chi connectivity index (χ3v) is 2.76. The van der Waals surface area contributed by atoms with Crippen molar-refractivity contribution in [3.63, 3.8) is 0 Å². The van der Waals surface area contributed by atoms with Gasteiger partial charge in [-0.15, -0.1) is 0 Å². The van der Waals surface area contributed by atoms with Gasteiger partial charge in [-0.05, 0) is 30.5 Å². The fourth-order valence-corrected chi connectivity index (χ4v) is 1.34. The third-order valence-electron chi connectivity index (χ3n) is 2.36. The molecule has 0 fully saturated rings. The average Bonchev–Trinajstić information content (AvgIpc) is 2.29. The quantitative estimate of drug-likeness (QED) is 0.582. The van der Waals surface area contributed by atoms with E-state index in [9.17, 15) is 0 Å². The molecule has 1 aromatic heterocycles. The van der Waals surface area contributed by atoms with Gasteiger partial charge in [0.1, 0.15) is 0 Å². The molecule has 1 aromatic rings. The van der Waals surface area contributed by atoms with Crippen LogP contribution in [0.5, 0.6) is 0 Å². The molecule has 1 heterocycles. The van der Waals surface area contributed by atoms with Crippen molar-refractivity contribution in [2.24, 2.45) is 11.7 Å². The molecule has 4 heteroatoms. The lowest BCUT2D eigenvalue weighted by molar-refractivity contribution is 0.119. The number of thiocarbonyl (C=S) groups is 1. The van der Waals surface area contributed by atoms with Crippen molar-refractivity contribution in [3.05, 3.63) is 30.1 Å². The molecule has 88 valence electrons. The van der Waals surface area contributed by atoms with Gasteiger partial charge >= 0.3 is 0 Å². The molecule has 1 atom stereocenters. The molecule has 0 radical (unpaired) electrons. The lowest BCUT2D eigenvalue weighted by Crippen LogP contribution is -2.22. The van der Waals surface area contributed by atoms with Crippen molar-refractivity contribution < 1.29 is 4.74 Å². The number of hydrogen-bond acceptors (Lipinski definition) is 3. The van der Waals surface area contributed by atoms with Crippen LogP contribution in [0.1, 0.15) is 18.9 Å². The van der Waals surface area contributed by atoms with Crippen molar-refractivity contribution in [3.8, 4) is 0 Å². The topological polar surface area (TPSA) is 48.1 Å². The molecule has 0 aliphatic rings. The Kier molecular flexibility index (Phi) is 5.96. The van der Waals surface area contributed by atoms with Gasteiger partial charge in [-0.1, -0.05) is 19.1 Å². The standard InChI is InChI=1S/C12H18N2OS/c1-10(12(13)16)9-15-8-2-3-11-4-6-14-7-5-11/h4-7,10H,2-3,8-9H2,1H3,(H2,13,16). The van der Waals surface area contributed by atoms with Gasteiger partial charge in [-0.25, -0.2) is 0 Å². The first-order chi connectivity index (χ1) is 7.70. The number of aryl methyl sites for hydroxylation is 1. The number of aromatic nitrogens is 1. The van der Waals surface area contributed by atoms with E-state index in [0.29, 0.717) is 11.6 Å². The van der Waals surface area contributed by atoms with Gasteiger partial charge < -0.3 is 10.5 Å². The Labute approximate surface area is 102 Å². The normalized spacial score (nSPS) is 12.3. The van der Waals surface area contributed by atoms with Crippen molar-refractivity contribution in [2.75, 3.05) is 13.2 Å². The summed E-state index contributed by atoms with van der Waals surface area (Å²) < 4.78 is 5.50.